The first-order chi connectivity index (χ1) is 13.7. The van der Waals surface area contributed by atoms with Crippen LogP contribution in [0, 0.1) is 17.8 Å². The number of likely N-dealkylation sites (tertiary alicyclic amines) is 1. The van der Waals surface area contributed by atoms with E-state index in [2.05, 4.69) is 26.9 Å². The van der Waals surface area contributed by atoms with Crippen LogP contribution in [-0.4, -0.2) is 78.8 Å². The maximum Gasteiger partial charge on any atom is 0.393 e. The largest absolute Gasteiger partial charge is 0.393 e. The lowest BCUT2D eigenvalue weighted by Gasteiger charge is -2.47. The molecule has 0 bridgehead atoms. The summed E-state index contributed by atoms with van der Waals surface area (Å²) >= 11 is 6.02. The van der Waals surface area contributed by atoms with Gasteiger partial charge in [0.1, 0.15) is 0 Å². The van der Waals surface area contributed by atoms with Gasteiger partial charge in [-0.2, -0.15) is 13.2 Å². The second-order valence-electron chi connectivity index (χ2n) is 8.94. The lowest BCUT2D eigenvalue weighted by atomic mass is 9.78. The highest BCUT2D eigenvalue weighted by molar-refractivity contribution is 6.20. The summed E-state index contributed by atoms with van der Waals surface area (Å²) in [6.45, 7) is 3.38. The van der Waals surface area contributed by atoms with Gasteiger partial charge in [0, 0.05) is 50.1 Å². The number of nitrogens with zero attached hydrogens (tertiary/aromatic N) is 1. The highest BCUT2D eigenvalue weighted by Gasteiger charge is 2.50. The zero-order valence-corrected chi connectivity index (χ0v) is 17.1. The van der Waals surface area contributed by atoms with Gasteiger partial charge >= 0.3 is 6.18 Å². The summed E-state index contributed by atoms with van der Waals surface area (Å²) < 4.78 is 40.3. The average molecular weight is 438 g/mol. The maximum absolute atomic E-state index is 13.4. The topological polar surface area (TPSA) is 85.6 Å². The smallest absolute Gasteiger partial charge is 0.390 e. The lowest BCUT2D eigenvalue weighted by Crippen LogP contribution is -2.67. The molecule has 6 unspecified atom stereocenters. The molecule has 0 spiro atoms. The molecule has 1 saturated carbocycles. The first-order valence-corrected chi connectivity index (χ1v) is 10.9. The second kappa shape index (κ2) is 8.61. The molecule has 8 atom stereocenters. The van der Waals surface area contributed by atoms with Crippen molar-refractivity contribution >= 4 is 11.6 Å². The monoisotopic (exact) mass is 437 g/mol. The molecule has 0 aromatic heterocycles. The van der Waals surface area contributed by atoms with E-state index in [9.17, 15) is 18.3 Å². The number of hydrogen-bond donors (Lipinski definition) is 5. The normalized spacial score (nSPS) is 44.8. The van der Waals surface area contributed by atoms with Crippen LogP contribution < -0.4 is 21.7 Å². The molecule has 3 aliphatic heterocycles. The van der Waals surface area contributed by atoms with E-state index in [1.165, 1.54) is 5.57 Å². The minimum Gasteiger partial charge on any atom is -0.390 e. The zero-order chi connectivity index (χ0) is 20.8. The minimum atomic E-state index is -4.27. The van der Waals surface area contributed by atoms with E-state index in [0.29, 0.717) is 32.5 Å². The summed E-state index contributed by atoms with van der Waals surface area (Å²) in [4.78, 5) is 2.15. The Morgan fingerprint density at radius 3 is 2.66 bits per heavy atom. The van der Waals surface area contributed by atoms with Crippen LogP contribution in [0.4, 0.5) is 13.2 Å². The Labute approximate surface area is 174 Å². The molecule has 0 aromatic rings. The third kappa shape index (κ3) is 4.61. The highest BCUT2D eigenvalue weighted by atomic mass is 35.5. The number of rotatable bonds is 3. The van der Waals surface area contributed by atoms with E-state index in [0.717, 1.165) is 13.1 Å². The van der Waals surface area contributed by atoms with Crippen molar-refractivity contribution in [2.45, 2.75) is 55.3 Å². The van der Waals surface area contributed by atoms with Crippen LogP contribution in [-0.2, 0) is 0 Å². The number of nitrogens with one attached hydrogen (secondary N) is 3. The number of hydrogen-bond acceptors (Lipinski definition) is 6. The number of β-amino-alcohol motifs (C(OH)–C–C–N with tert-alkyl or cyclic N) is 1. The molecule has 4 rings (SSSR count). The molecule has 2 saturated heterocycles. The fourth-order valence-corrected chi connectivity index (χ4v) is 5.74. The van der Waals surface area contributed by atoms with Crippen molar-refractivity contribution in [2.24, 2.45) is 23.5 Å². The zero-order valence-electron chi connectivity index (χ0n) is 16.3. The summed E-state index contributed by atoms with van der Waals surface area (Å²) in [6.07, 6.45) is -1.88. The fourth-order valence-electron chi connectivity index (χ4n) is 5.37. The summed E-state index contributed by atoms with van der Waals surface area (Å²) in [5, 5.41) is 19.7. The summed E-state index contributed by atoms with van der Waals surface area (Å²) in [5.41, 5.74) is 7.32. The molecule has 3 fully saturated rings. The van der Waals surface area contributed by atoms with Gasteiger partial charge in [-0.05, 0) is 25.2 Å². The third-order valence-corrected chi connectivity index (χ3v) is 7.58. The molecule has 0 aromatic carbocycles. The number of halogens is 4. The third-order valence-electron chi connectivity index (χ3n) is 7.06. The Hall–Kier alpha value is -0.420. The molecule has 10 heteroatoms. The number of aliphatic hydroxyl groups is 1. The molecule has 29 heavy (non-hydrogen) atoms. The van der Waals surface area contributed by atoms with Gasteiger partial charge in [-0.15, -0.1) is 11.6 Å². The quantitative estimate of drug-likeness (QED) is 0.328. The predicted octanol–water partition coefficient (Wildman–Crippen LogP) is 0.567. The average Bonchev–Trinajstić information content (AvgIpc) is 3.31. The summed E-state index contributed by atoms with van der Waals surface area (Å²) in [7, 11) is 0. The van der Waals surface area contributed by atoms with Gasteiger partial charge in [0.15, 0.2) is 0 Å². The lowest BCUT2D eigenvalue weighted by molar-refractivity contribution is -0.185. The van der Waals surface area contributed by atoms with Crippen molar-refractivity contribution in [2.75, 3.05) is 32.7 Å². The molecule has 6 nitrogen and oxygen atoms in total. The second-order valence-corrected chi connectivity index (χ2v) is 9.50. The van der Waals surface area contributed by atoms with Gasteiger partial charge in [0.25, 0.3) is 0 Å². The van der Waals surface area contributed by atoms with Crippen LogP contribution in [0.5, 0.6) is 0 Å². The maximum atomic E-state index is 13.4. The van der Waals surface area contributed by atoms with Crippen molar-refractivity contribution in [1.82, 2.24) is 20.9 Å². The molecule has 0 radical (unpaired) electrons. The predicted molar refractivity (Wildman–Crippen MR) is 105 cm³/mol. The molecule has 6 N–H and O–H groups in total. The van der Waals surface area contributed by atoms with Gasteiger partial charge in [0.2, 0.25) is 0 Å². The van der Waals surface area contributed by atoms with Crippen LogP contribution in [0.1, 0.15) is 19.3 Å². The molecular formula is C19H31ClF3N5O. The number of aliphatic hydroxyl groups excluding tert-OH is 1. The van der Waals surface area contributed by atoms with E-state index in [-0.39, 0.29) is 36.6 Å². The molecule has 3 heterocycles. The van der Waals surface area contributed by atoms with Crippen LogP contribution in [0.25, 0.3) is 0 Å². The van der Waals surface area contributed by atoms with E-state index in [4.69, 9.17) is 17.3 Å². The van der Waals surface area contributed by atoms with E-state index >= 15 is 0 Å². The first-order valence-electron chi connectivity index (χ1n) is 10.5. The highest BCUT2D eigenvalue weighted by Crippen LogP contribution is 2.43. The van der Waals surface area contributed by atoms with Crippen molar-refractivity contribution in [3.05, 3.63) is 11.6 Å². The fraction of sp³-hybridized carbons (Fsp3) is 0.895. The van der Waals surface area contributed by atoms with Crippen molar-refractivity contribution < 1.29 is 18.3 Å². The summed E-state index contributed by atoms with van der Waals surface area (Å²) in [5.74, 6) is -1.43. The Bertz CT molecular complexity index is 611. The molecule has 0 amide bonds. The molecular weight excluding hydrogens is 407 g/mol. The van der Waals surface area contributed by atoms with Crippen molar-refractivity contribution in [1.29, 1.82) is 0 Å². The van der Waals surface area contributed by atoms with Gasteiger partial charge < -0.3 is 21.5 Å². The Morgan fingerprint density at radius 1 is 1.24 bits per heavy atom. The van der Waals surface area contributed by atoms with Crippen LogP contribution in [0.15, 0.2) is 11.6 Å². The van der Waals surface area contributed by atoms with E-state index in [1.54, 1.807) is 0 Å². The van der Waals surface area contributed by atoms with Gasteiger partial charge in [-0.3, -0.25) is 10.2 Å². The van der Waals surface area contributed by atoms with Gasteiger partial charge in [-0.1, -0.05) is 11.6 Å². The Kier molecular flexibility index (Phi) is 6.47. The van der Waals surface area contributed by atoms with Gasteiger partial charge in [-0.25, -0.2) is 0 Å². The summed E-state index contributed by atoms with van der Waals surface area (Å²) in [6, 6.07) is -0.303. The van der Waals surface area contributed by atoms with Crippen LogP contribution in [0.3, 0.4) is 0 Å². The van der Waals surface area contributed by atoms with Crippen molar-refractivity contribution in [3.8, 4) is 0 Å². The van der Waals surface area contributed by atoms with Gasteiger partial charge in [0.05, 0.1) is 24.4 Å². The molecule has 4 aliphatic rings. The van der Waals surface area contributed by atoms with E-state index < -0.39 is 23.6 Å². The Morgan fingerprint density at radius 2 is 2.03 bits per heavy atom. The Balaban J connectivity index is 1.49. The number of nitrogens with two attached hydrogens (primary N) is 1. The SMILES string of the molecule is N[C@H]1CN(C2NC(C3CCC(Cl)C(C(F)(F)F)C3)NCC2C2=CCNC2)C[C@@H]1O. The van der Waals surface area contributed by atoms with Crippen LogP contribution >= 0.6 is 11.6 Å². The standard InChI is InChI=1S/C19H31ClF3N5O/c20-14-2-1-10(5-13(14)19(21,22)23)17-26-7-12(11-3-4-25-6-11)18(27-17)28-8-15(24)16(29)9-28/h3,10,12-18,25-27,29H,1-2,4-9,24H2/t10?,12?,13?,14?,15-,16-,17?,18?/m0/s1. The van der Waals surface area contributed by atoms with E-state index in [1.807, 2.05) is 0 Å². The van der Waals surface area contributed by atoms with Crippen LogP contribution in [0.2, 0.25) is 0 Å². The minimum absolute atomic E-state index is 0.0338. The number of alkyl halides is 4. The molecule has 166 valence electrons. The molecule has 1 aliphatic carbocycles. The van der Waals surface area contributed by atoms with Crippen molar-refractivity contribution in [3.63, 3.8) is 0 Å². The first kappa shape index (κ1) is 21.8.